The van der Waals surface area contributed by atoms with Crippen LogP contribution in [0.15, 0.2) is 57.9 Å². The van der Waals surface area contributed by atoms with E-state index in [0.717, 1.165) is 15.7 Å². The largest absolute Gasteiger partial charge is 0.366 e. The Kier molecular flexibility index (Phi) is 4.89. The van der Waals surface area contributed by atoms with Crippen molar-refractivity contribution in [3.63, 3.8) is 0 Å². The maximum absolute atomic E-state index is 9.29. The van der Waals surface area contributed by atoms with Crippen LogP contribution in [0.2, 0.25) is 0 Å². The Morgan fingerprint density at radius 3 is 2.26 bits per heavy atom. The van der Waals surface area contributed by atoms with Gasteiger partial charge in [-0.1, -0.05) is 28.1 Å². The SMILES string of the molecule is CSc1ccc(C(C#N)Nc2ccc(Br)cc2)cc1. The van der Waals surface area contributed by atoms with Crippen molar-refractivity contribution in [1.29, 1.82) is 5.26 Å². The fourth-order valence-electron chi connectivity index (χ4n) is 1.70. The maximum Gasteiger partial charge on any atom is 0.140 e. The van der Waals surface area contributed by atoms with E-state index in [1.807, 2.05) is 54.8 Å². The Hall–Kier alpha value is -1.44. The van der Waals surface area contributed by atoms with E-state index in [-0.39, 0.29) is 6.04 Å². The third-order valence-corrected chi connectivity index (χ3v) is 4.01. The lowest BCUT2D eigenvalue weighted by atomic mass is 10.1. The summed E-state index contributed by atoms with van der Waals surface area (Å²) in [7, 11) is 0. The van der Waals surface area contributed by atoms with Crippen LogP contribution >= 0.6 is 27.7 Å². The van der Waals surface area contributed by atoms with Crippen LogP contribution in [0.5, 0.6) is 0 Å². The minimum absolute atomic E-state index is 0.336. The highest BCUT2D eigenvalue weighted by atomic mass is 79.9. The molecule has 0 aliphatic rings. The summed E-state index contributed by atoms with van der Waals surface area (Å²) in [6.07, 6.45) is 2.04. The zero-order chi connectivity index (χ0) is 13.7. The molecule has 0 aliphatic carbocycles. The van der Waals surface area contributed by atoms with Crippen molar-refractivity contribution >= 4 is 33.4 Å². The number of nitrogens with one attached hydrogen (secondary N) is 1. The summed E-state index contributed by atoms with van der Waals surface area (Å²) in [6.45, 7) is 0. The molecule has 1 N–H and O–H groups in total. The van der Waals surface area contributed by atoms with Crippen molar-refractivity contribution in [2.24, 2.45) is 0 Å². The molecule has 0 radical (unpaired) electrons. The van der Waals surface area contributed by atoms with Crippen LogP contribution in [0.4, 0.5) is 5.69 Å². The standard InChI is InChI=1S/C15H13BrN2S/c1-19-14-8-2-11(3-9-14)15(10-17)18-13-6-4-12(16)5-7-13/h2-9,15,18H,1H3. The summed E-state index contributed by atoms with van der Waals surface area (Å²) in [4.78, 5) is 1.20. The average Bonchev–Trinajstić information content (AvgIpc) is 2.47. The molecule has 2 nitrogen and oxygen atoms in total. The third-order valence-electron chi connectivity index (χ3n) is 2.73. The van der Waals surface area contributed by atoms with Crippen molar-refractivity contribution in [1.82, 2.24) is 0 Å². The van der Waals surface area contributed by atoms with E-state index in [1.165, 1.54) is 4.90 Å². The summed E-state index contributed by atoms with van der Waals surface area (Å²) in [5.74, 6) is 0. The first kappa shape index (κ1) is 14.0. The molecule has 0 bridgehead atoms. The van der Waals surface area contributed by atoms with Gasteiger partial charge in [-0.05, 0) is 48.2 Å². The molecule has 2 rings (SSSR count). The lowest BCUT2D eigenvalue weighted by Gasteiger charge is -2.13. The highest BCUT2D eigenvalue weighted by Crippen LogP contribution is 2.23. The molecule has 0 fully saturated rings. The first-order valence-electron chi connectivity index (χ1n) is 5.78. The van der Waals surface area contributed by atoms with Gasteiger partial charge in [0.2, 0.25) is 0 Å². The van der Waals surface area contributed by atoms with Crippen LogP contribution in [0.3, 0.4) is 0 Å². The highest BCUT2D eigenvalue weighted by Gasteiger charge is 2.09. The van der Waals surface area contributed by atoms with Crippen LogP contribution in [0.1, 0.15) is 11.6 Å². The maximum atomic E-state index is 9.29. The molecular formula is C15H13BrN2S. The van der Waals surface area contributed by atoms with Gasteiger partial charge in [-0.15, -0.1) is 11.8 Å². The van der Waals surface area contributed by atoms with Crippen LogP contribution in [0.25, 0.3) is 0 Å². The van der Waals surface area contributed by atoms with Gasteiger partial charge in [0.25, 0.3) is 0 Å². The van der Waals surface area contributed by atoms with Gasteiger partial charge in [-0.3, -0.25) is 0 Å². The van der Waals surface area contributed by atoms with Gasteiger partial charge in [0.15, 0.2) is 0 Å². The topological polar surface area (TPSA) is 35.8 Å². The highest BCUT2D eigenvalue weighted by molar-refractivity contribution is 9.10. The number of hydrogen-bond donors (Lipinski definition) is 1. The normalized spacial score (nSPS) is 11.6. The number of nitrogens with zero attached hydrogens (tertiary/aromatic N) is 1. The molecule has 2 aromatic rings. The van der Waals surface area contributed by atoms with E-state index in [1.54, 1.807) is 11.8 Å². The zero-order valence-corrected chi connectivity index (χ0v) is 12.8. The van der Waals surface area contributed by atoms with E-state index in [2.05, 4.69) is 27.3 Å². The lowest BCUT2D eigenvalue weighted by molar-refractivity contribution is 0.994. The second-order valence-corrected chi connectivity index (χ2v) is 5.78. The Balaban J connectivity index is 2.15. The van der Waals surface area contributed by atoms with E-state index < -0.39 is 0 Å². The fourth-order valence-corrected chi connectivity index (χ4v) is 2.37. The molecule has 4 heteroatoms. The summed E-state index contributed by atoms with van der Waals surface area (Å²) >= 11 is 5.09. The predicted molar refractivity (Wildman–Crippen MR) is 84.3 cm³/mol. The molecule has 96 valence electrons. The zero-order valence-electron chi connectivity index (χ0n) is 10.4. The van der Waals surface area contributed by atoms with Crippen molar-refractivity contribution in [3.05, 3.63) is 58.6 Å². The smallest absolute Gasteiger partial charge is 0.140 e. The summed E-state index contributed by atoms with van der Waals surface area (Å²) in [6, 6.07) is 17.8. The Morgan fingerprint density at radius 1 is 1.11 bits per heavy atom. The van der Waals surface area contributed by atoms with Gasteiger partial charge in [-0.25, -0.2) is 0 Å². The molecule has 0 aliphatic heterocycles. The molecule has 0 amide bonds. The van der Waals surface area contributed by atoms with Crippen molar-refractivity contribution < 1.29 is 0 Å². The van der Waals surface area contributed by atoms with Crippen LogP contribution < -0.4 is 5.32 Å². The third kappa shape index (κ3) is 3.76. The Labute approximate surface area is 126 Å². The number of thioether (sulfide) groups is 1. The Morgan fingerprint density at radius 2 is 1.74 bits per heavy atom. The van der Waals surface area contributed by atoms with Gasteiger partial charge in [0.05, 0.1) is 6.07 Å². The number of benzene rings is 2. The molecule has 1 atom stereocenters. The monoisotopic (exact) mass is 332 g/mol. The minimum atomic E-state index is -0.336. The molecule has 0 spiro atoms. The molecule has 1 unspecified atom stereocenters. The van der Waals surface area contributed by atoms with Gasteiger partial charge >= 0.3 is 0 Å². The summed E-state index contributed by atoms with van der Waals surface area (Å²) < 4.78 is 1.02. The number of anilines is 1. The second-order valence-electron chi connectivity index (χ2n) is 3.99. The van der Waals surface area contributed by atoms with Crippen molar-refractivity contribution in [2.45, 2.75) is 10.9 Å². The van der Waals surface area contributed by atoms with E-state index in [9.17, 15) is 5.26 Å². The number of hydrogen-bond acceptors (Lipinski definition) is 3. The summed E-state index contributed by atoms with van der Waals surface area (Å²) in [5.41, 5.74) is 1.91. The number of nitriles is 1. The van der Waals surface area contributed by atoms with Gasteiger partial charge < -0.3 is 5.32 Å². The average molecular weight is 333 g/mol. The fraction of sp³-hybridized carbons (Fsp3) is 0.133. The number of halogens is 1. The van der Waals surface area contributed by atoms with E-state index in [0.29, 0.717) is 0 Å². The second kappa shape index (κ2) is 6.65. The quantitative estimate of drug-likeness (QED) is 0.813. The molecular weight excluding hydrogens is 320 g/mol. The number of rotatable bonds is 4. The van der Waals surface area contributed by atoms with Gasteiger partial charge in [-0.2, -0.15) is 5.26 Å². The first-order valence-corrected chi connectivity index (χ1v) is 7.80. The molecule has 0 saturated heterocycles. The summed E-state index contributed by atoms with van der Waals surface area (Å²) in [5, 5.41) is 12.5. The minimum Gasteiger partial charge on any atom is -0.366 e. The molecule has 2 aromatic carbocycles. The Bertz CT molecular complexity index is 573. The van der Waals surface area contributed by atoms with Crippen molar-refractivity contribution in [2.75, 3.05) is 11.6 Å². The lowest BCUT2D eigenvalue weighted by Crippen LogP contribution is -2.08. The molecule has 19 heavy (non-hydrogen) atoms. The van der Waals surface area contributed by atoms with Gasteiger partial charge in [0.1, 0.15) is 6.04 Å². The van der Waals surface area contributed by atoms with Crippen molar-refractivity contribution in [3.8, 4) is 6.07 Å². The van der Waals surface area contributed by atoms with Crippen LogP contribution in [-0.4, -0.2) is 6.26 Å². The molecule has 0 aromatic heterocycles. The van der Waals surface area contributed by atoms with E-state index >= 15 is 0 Å². The van der Waals surface area contributed by atoms with E-state index in [4.69, 9.17) is 0 Å². The van der Waals surface area contributed by atoms with Crippen LogP contribution in [-0.2, 0) is 0 Å². The molecule has 0 saturated carbocycles. The predicted octanol–water partition coefficient (Wildman–Crippen LogP) is 4.85. The van der Waals surface area contributed by atoms with Gasteiger partial charge in [0, 0.05) is 15.1 Å². The molecule has 0 heterocycles. The first-order chi connectivity index (χ1) is 9.22. The van der Waals surface area contributed by atoms with Crippen LogP contribution in [0, 0.1) is 11.3 Å².